The van der Waals surface area contributed by atoms with Gasteiger partial charge in [-0.05, 0) is 30.9 Å². The van der Waals surface area contributed by atoms with Gasteiger partial charge < -0.3 is 19.6 Å². The predicted octanol–water partition coefficient (Wildman–Crippen LogP) is 4.88. The number of halogens is 2. The van der Waals surface area contributed by atoms with Gasteiger partial charge in [0.1, 0.15) is 0 Å². The third kappa shape index (κ3) is 5.25. The van der Waals surface area contributed by atoms with E-state index in [4.69, 9.17) is 4.74 Å². The maximum Gasteiger partial charge on any atom is 0.343 e. The minimum absolute atomic E-state index is 0.0703. The molecule has 1 aliphatic carbocycles. The van der Waals surface area contributed by atoms with Crippen molar-refractivity contribution < 1.29 is 23.4 Å². The van der Waals surface area contributed by atoms with Crippen LogP contribution in [0.5, 0.6) is 0 Å². The lowest BCUT2D eigenvalue weighted by Crippen LogP contribution is -2.44. The summed E-state index contributed by atoms with van der Waals surface area (Å²) in [4.78, 5) is 17.4. The summed E-state index contributed by atoms with van der Waals surface area (Å²) in [6.07, 6.45) is 4.01. The molecule has 5 nitrogen and oxygen atoms in total. The van der Waals surface area contributed by atoms with Gasteiger partial charge in [0.15, 0.2) is 5.60 Å². The Balaban J connectivity index is 1.31. The van der Waals surface area contributed by atoms with Gasteiger partial charge in [-0.3, -0.25) is 0 Å². The van der Waals surface area contributed by atoms with Crippen molar-refractivity contribution in [2.24, 2.45) is 5.92 Å². The number of hydrogen-bond acceptors (Lipinski definition) is 5. The highest BCUT2D eigenvalue weighted by molar-refractivity contribution is 5.81. The molecule has 182 valence electrons. The molecule has 1 heterocycles. The Hall–Kier alpha value is -2.93. The second kappa shape index (κ2) is 10.1. The molecule has 1 aliphatic heterocycles. The molecular weight excluding hydrogens is 438 g/mol. The highest BCUT2D eigenvalue weighted by atomic mass is 19.3. The molecular formula is C27H32F2N2O3. The minimum Gasteiger partial charge on any atom is -0.463 e. The molecule has 3 atom stereocenters. The molecule has 1 fully saturated rings. The van der Waals surface area contributed by atoms with Gasteiger partial charge in [-0.25, -0.2) is 13.6 Å². The number of carbonyl (C=O) groups excluding carboxylic acids is 1. The number of alkyl halides is 2. The van der Waals surface area contributed by atoms with E-state index in [1.165, 1.54) is 5.56 Å². The molecule has 2 aromatic carbocycles. The minimum atomic E-state index is -2.88. The van der Waals surface area contributed by atoms with Gasteiger partial charge in [0.25, 0.3) is 0 Å². The van der Waals surface area contributed by atoms with E-state index in [2.05, 4.69) is 35.1 Å². The van der Waals surface area contributed by atoms with Crippen LogP contribution in [0.4, 0.5) is 8.78 Å². The number of hydrogen-bond donors (Lipinski definition) is 1. The number of nitrogens with zero attached hydrogens (tertiary/aromatic N) is 2. The van der Waals surface area contributed by atoms with Crippen LogP contribution >= 0.6 is 0 Å². The first kappa shape index (κ1) is 24.2. The first-order valence-corrected chi connectivity index (χ1v) is 11.9. The zero-order valence-electron chi connectivity index (χ0n) is 19.4. The van der Waals surface area contributed by atoms with E-state index >= 15 is 0 Å². The average Bonchev–Trinajstić information content (AvgIpc) is 3.39. The topological polar surface area (TPSA) is 53.0 Å². The smallest absolute Gasteiger partial charge is 0.343 e. The standard InChI is InChI=1S/C27H32F2N2O3/c1-21-30(16-17-31(21)20-22-9-4-2-5-10-22)15-8-18-34-25(32)27(33,23-11-6-3-7-12-23)24-13-14-26(28,29)19-24/h2-7,9-12,16-17,21,24,33H,8,13-15,18-20H2,1H3/t21?,24-,27+/m1/s1. The van der Waals surface area contributed by atoms with Crippen molar-refractivity contribution in [3.8, 4) is 0 Å². The van der Waals surface area contributed by atoms with Gasteiger partial charge in [0, 0.05) is 44.2 Å². The summed E-state index contributed by atoms with van der Waals surface area (Å²) < 4.78 is 33.3. The van der Waals surface area contributed by atoms with E-state index in [1.807, 2.05) is 24.4 Å². The number of ether oxygens (including phenoxy) is 1. The molecule has 1 N–H and O–H groups in total. The Morgan fingerprint density at radius 1 is 1.09 bits per heavy atom. The van der Waals surface area contributed by atoms with Crippen LogP contribution in [-0.4, -0.2) is 46.1 Å². The molecule has 4 rings (SSSR count). The summed E-state index contributed by atoms with van der Waals surface area (Å²) in [7, 11) is 0. The Kier molecular flexibility index (Phi) is 7.22. The van der Waals surface area contributed by atoms with Crippen molar-refractivity contribution >= 4 is 5.97 Å². The number of carbonyl (C=O) groups is 1. The summed E-state index contributed by atoms with van der Waals surface area (Å²) in [6.45, 7) is 3.69. The molecule has 0 saturated heterocycles. The average molecular weight is 471 g/mol. The quantitative estimate of drug-likeness (QED) is 0.418. The molecule has 7 heteroatoms. The number of esters is 1. The summed E-state index contributed by atoms with van der Waals surface area (Å²) in [5, 5.41) is 11.4. The zero-order valence-corrected chi connectivity index (χ0v) is 19.4. The van der Waals surface area contributed by atoms with E-state index in [1.54, 1.807) is 30.3 Å². The Bertz CT molecular complexity index is 986. The second-order valence-electron chi connectivity index (χ2n) is 9.24. The van der Waals surface area contributed by atoms with Gasteiger partial charge in [0.05, 0.1) is 12.8 Å². The molecule has 0 radical (unpaired) electrons. The summed E-state index contributed by atoms with van der Waals surface area (Å²) in [5.74, 6) is -4.61. The lowest BCUT2D eigenvalue weighted by atomic mass is 9.80. The SMILES string of the molecule is CC1N(CCCOC(=O)[C@](O)(c2ccccc2)[C@@H]2CCC(F)(F)C2)C=CN1Cc1ccccc1. The number of aliphatic hydroxyl groups is 1. The van der Waals surface area contributed by atoms with E-state index in [0.29, 0.717) is 18.5 Å². The van der Waals surface area contributed by atoms with Crippen LogP contribution in [0.2, 0.25) is 0 Å². The fraction of sp³-hybridized carbons (Fsp3) is 0.444. The fourth-order valence-electron chi connectivity index (χ4n) is 4.89. The van der Waals surface area contributed by atoms with Gasteiger partial charge in [0.2, 0.25) is 5.92 Å². The van der Waals surface area contributed by atoms with Crippen molar-refractivity contribution in [2.45, 2.75) is 56.8 Å². The van der Waals surface area contributed by atoms with Crippen LogP contribution in [0.1, 0.15) is 43.7 Å². The van der Waals surface area contributed by atoms with Crippen LogP contribution in [0.25, 0.3) is 0 Å². The molecule has 34 heavy (non-hydrogen) atoms. The molecule has 2 aliphatic rings. The fourth-order valence-corrected chi connectivity index (χ4v) is 4.89. The van der Waals surface area contributed by atoms with Crippen molar-refractivity contribution in [1.29, 1.82) is 0 Å². The van der Waals surface area contributed by atoms with Crippen molar-refractivity contribution in [2.75, 3.05) is 13.2 Å². The summed E-state index contributed by atoms with van der Waals surface area (Å²) in [6, 6.07) is 18.5. The van der Waals surface area contributed by atoms with Crippen LogP contribution in [0, 0.1) is 5.92 Å². The van der Waals surface area contributed by atoms with Gasteiger partial charge >= 0.3 is 5.97 Å². The Labute approximate surface area is 199 Å². The Morgan fingerprint density at radius 3 is 2.38 bits per heavy atom. The molecule has 1 unspecified atom stereocenters. The lowest BCUT2D eigenvalue weighted by molar-refractivity contribution is -0.175. The molecule has 0 amide bonds. The van der Waals surface area contributed by atoms with Crippen molar-refractivity contribution in [1.82, 2.24) is 9.80 Å². The van der Waals surface area contributed by atoms with Gasteiger partial charge in [-0.15, -0.1) is 0 Å². The second-order valence-corrected chi connectivity index (χ2v) is 9.24. The van der Waals surface area contributed by atoms with Crippen molar-refractivity contribution in [3.63, 3.8) is 0 Å². The lowest BCUT2D eigenvalue weighted by Gasteiger charge is -2.32. The van der Waals surface area contributed by atoms with Crippen LogP contribution < -0.4 is 0 Å². The molecule has 2 aromatic rings. The number of benzene rings is 2. The first-order chi connectivity index (χ1) is 16.3. The monoisotopic (exact) mass is 470 g/mol. The van der Waals surface area contributed by atoms with E-state index in [-0.39, 0.29) is 25.6 Å². The zero-order chi connectivity index (χ0) is 24.2. The third-order valence-electron chi connectivity index (χ3n) is 6.93. The van der Waals surface area contributed by atoms with E-state index < -0.39 is 29.8 Å². The van der Waals surface area contributed by atoms with Crippen molar-refractivity contribution in [3.05, 3.63) is 84.2 Å². The molecule has 0 aromatic heterocycles. The normalized spacial score (nSPS) is 23.2. The maximum absolute atomic E-state index is 13.9. The predicted molar refractivity (Wildman–Crippen MR) is 125 cm³/mol. The van der Waals surface area contributed by atoms with E-state index in [0.717, 1.165) is 6.54 Å². The van der Waals surface area contributed by atoms with Crippen LogP contribution in [0.3, 0.4) is 0 Å². The maximum atomic E-state index is 13.9. The Morgan fingerprint density at radius 2 is 1.74 bits per heavy atom. The largest absolute Gasteiger partial charge is 0.463 e. The highest BCUT2D eigenvalue weighted by Crippen LogP contribution is 2.47. The molecule has 1 saturated carbocycles. The van der Waals surface area contributed by atoms with Crippen LogP contribution in [-0.2, 0) is 21.7 Å². The summed E-state index contributed by atoms with van der Waals surface area (Å²) in [5.41, 5.74) is -0.545. The summed E-state index contributed by atoms with van der Waals surface area (Å²) >= 11 is 0. The van der Waals surface area contributed by atoms with Gasteiger partial charge in [-0.2, -0.15) is 0 Å². The van der Waals surface area contributed by atoms with Gasteiger partial charge in [-0.1, -0.05) is 60.7 Å². The third-order valence-corrected chi connectivity index (χ3v) is 6.93. The molecule has 0 spiro atoms. The first-order valence-electron chi connectivity index (χ1n) is 11.9. The van der Waals surface area contributed by atoms with Crippen LogP contribution in [0.15, 0.2) is 73.1 Å². The molecule has 0 bridgehead atoms. The number of rotatable bonds is 9. The highest BCUT2D eigenvalue weighted by Gasteiger charge is 2.54. The van der Waals surface area contributed by atoms with E-state index in [9.17, 15) is 18.7 Å².